The zero-order valence-electron chi connectivity index (χ0n) is 9.40. The van der Waals surface area contributed by atoms with Crippen LogP contribution in [0.3, 0.4) is 0 Å². The third kappa shape index (κ3) is 2.34. The molecule has 4 nitrogen and oxygen atoms in total. The molecule has 1 aliphatic heterocycles. The van der Waals surface area contributed by atoms with Crippen molar-refractivity contribution in [1.82, 2.24) is 0 Å². The summed E-state index contributed by atoms with van der Waals surface area (Å²) in [4.78, 5) is 24.0. The van der Waals surface area contributed by atoms with Crippen molar-refractivity contribution >= 4 is 17.4 Å². The van der Waals surface area contributed by atoms with Gasteiger partial charge in [0, 0.05) is 12.1 Å². The number of ketones is 1. The Morgan fingerprint density at radius 1 is 1.47 bits per heavy atom. The first-order chi connectivity index (χ1) is 8.09. The second kappa shape index (κ2) is 4.63. The molecule has 0 aliphatic carbocycles. The van der Waals surface area contributed by atoms with E-state index in [1.165, 1.54) is 24.0 Å². The minimum Gasteiger partial charge on any atom is -0.370 e. The maximum atomic E-state index is 13.8. The van der Waals surface area contributed by atoms with Gasteiger partial charge in [-0.25, -0.2) is 4.39 Å². The van der Waals surface area contributed by atoms with Crippen LogP contribution in [-0.2, 0) is 9.53 Å². The molecule has 1 fully saturated rings. The van der Waals surface area contributed by atoms with Gasteiger partial charge < -0.3 is 9.64 Å². The summed E-state index contributed by atoms with van der Waals surface area (Å²) in [6.45, 7) is 2.05. The molecular weight excluding hydrogens is 225 g/mol. The Bertz CT molecular complexity index is 473. The number of carbonyl (C=O) groups is 2. The minimum absolute atomic E-state index is 0.0338. The van der Waals surface area contributed by atoms with E-state index in [1.54, 1.807) is 0 Å². The van der Waals surface area contributed by atoms with E-state index in [4.69, 9.17) is 4.74 Å². The molecule has 1 heterocycles. The number of carbonyl (C=O) groups excluding carboxylic acids is 2. The van der Waals surface area contributed by atoms with Crippen LogP contribution >= 0.6 is 0 Å². The summed E-state index contributed by atoms with van der Waals surface area (Å²) in [5, 5.41) is 0. The van der Waals surface area contributed by atoms with Crippen molar-refractivity contribution in [3.63, 3.8) is 0 Å². The van der Waals surface area contributed by atoms with Gasteiger partial charge in [-0.1, -0.05) is 0 Å². The summed E-state index contributed by atoms with van der Waals surface area (Å²) in [5.74, 6) is -1.04. The summed E-state index contributed by atoms with van der Waals surface area (Å²) >= 11 is 0. The van der Waals surface area contributed by atoms with Crippen molar-refractivity contribution < 1.29 is 18.7 Å². The molecule has 5 heteroatoms. The van der Waals surface area contributed by atoms with Crippen LogP contribution in [0.15, 0.2) is 18.2 Å². The molecule has 0 aromatic heterocycles. The maximum Gasteiger partial charge on any atom is 0.253 e. The molecule has 0 saturated carbocycles. The van der Waals surface area contributed by atoms with Crippen molar-refractivity contribution in [2.45, 2.75) is 6.92 Å². The molecule has 2 rings (SSSR count). The van der Waals surface area contributed by atoms with Gasteiger partial charge >= 0.3 is 0 Å². The fourth-order valence-electron chi connectivity index (χ4n) is 1.72. The van der Waals surface area contributed by atoms with Crippen LogP contribution in [0.5, 0.6) is 0 Å². The number of hydrogen-bond donors (Lipinski definition) is 0. The predicted octanol–water partition coefficient (Wildman–Crippen LogP) is 1.39. The highest BCUT2D eigenvalue weighted by molar-refractivity contribution is 5.97. The zero-order chi connectivity index (χ0) is 12.4. The Labute approximate surface area is 98.0 Å². The summed E-state index contributed by atoms with van der Waals surface area (Å²) in [7, 11) is 0. The lowest BCUT2D eigenvalue weighted by Gasteiger charge is -2.27. The van der Waals surface area contributed by atoms with Crippen LogP contribution in [0.1, 0.15) is 17.3 Å². The fraction of sp³-hybridized carbons (Fsp3) is 0.333. The largest absolute Gasteiger partial charge is 0.370 e. The monoisotopic (exact) mass is 237 g/mol. The van der Waals surface area contributed by atoms with Gasteiger partial charge in [-0.2, -0.15) is 0 Å². The summed E-state index contributed by atoms with van der Waals surface area (Å²) < 4.78 is 18.7. The molecule has 1 saturated heterocycles. The number of nitrogens with zero attached hydrogens (tertiary/aromatic N) is 1. The molecule has 1 aromatic carbocycles. The number of rotatable bonds is 2. The van der Waals surface area contributed by atoms with E-state index in [-0.39, 0.29) is 24.0 Å². The molecule has 0 spiro atoms. The number of Topliss-reactive ketones (excluding diaryl/α,β-unsaturated/α-hetero) is 1. The smallest absolute Gasteiger partial charge is 0.253 e. The number of amides is 1. The number of benzene rings is 1. The van der Waals surface area contributed by atoms with Crippen LogP contribution < -0.4 is 4.90 Å². The van der Waals surface area contributed by atoms with Crippen LogP contribution in [0.25, 0.3) is 0 Å². The average molecular weight is 237 g/mol. The van der Waals surface area contributed by atoms with Crippen molar-refractivity contribution in [2.24, 2.45) is 0 Å². The zero-order valence-corrected chi connectivity index (χ0v) is 9.40. The summed E-state index contributed by atoms with van der Waals surface area (Å²) in [6.07, 6.45) is 0. The van der Waals surface area contributed by atoms with Crippen LogP contribution in [-0.4, -0.2) is 31.4 Å². The van der Waals surface area contributed by atoms with Gasteiger partial charge in [-0.05, 0) is 25.1 Å². The minimum atomic E-state index is -0.562. The van der Waals surface area contributed by atoms with E-state index >= 15 is 0 Å². The molecule has 0 atom stereocenters. The molecule has 90 valence electrons. The number of hydrogen-bond acceptors (Lipinski definition) is 3. The highest BCUT2D eigenvalue weighted by atomic mass is 19.1. The van der Waals surface area contributed by atoms with E-state index in [0.29, 0.717) is 18.7 Å². The second-order valence-electron chi connectivity index (χ2n) is 3.82. The van der Waals surface area contributed by atoms with Crippen molar-refractivity contribution in [2.75, 3.05) is 24.7 Å². The Balaban J connectivity index is 2.32. The van der Waals surface area contributed by atoms with E-state index in [1.807, 2.05) is 0 Å². The lowest BCUT2D eigenvalue weighted by atomic mass is 10.1. The van der Waals surface area contributed by atoms with Gasteiger partial charge in [0.25, 0.3) is 5.91 Å². The molecule has 0 N–H and O–H groups in total. The molecule has 0 bridgehead atoms. The Hall–Kier alpha value is -1.75. The molecule has 1 aliphatic rings. The first kappa shape index (κ1) is 11.7. The normalized spacial score (nSPS) is 16.1. The van der Waals surface area contributed by atoms with E-state index in [0.717, 1.165) is 6.07 Å². The SMILES string of the molecule is CC(=O)c1ccc(N2CCOCC2=O)c(F)c1. The first-order valence-electron chi connectivity index (χ1n) is 5.28. The van der Waals surface area contributed by atoms with Crippen molar-refractivity contribution in [1.29, 1.82) is 0 Å². The molecule has 1 aromatic rings. The van der Waals surface area contributed by atoms with Gasteiger partial charge in [0.15, 0.2) is 5.78 Å². The molecule has 1 amide bonds. The Morgan fingerprint density at radius 3 is 2.82 bits per heavy atom. The van der Waals surface area contributed by atoms with Gasteiger partial charge in [-0.3, -0.25) is 9.59 Å². The molecule has 0 unspecified atom stereocenters. The van der Waals surface area contributed by atoms with E-state index < -0.39 is 5.82 Å². The van der Waals surface area contributed by atoms with Gasteiger partial charge in [0.2, 0.25) is 0 Å². The Kier molecular flexibility index (Phi) is 3.19. The van der Waals surface area contributed by atoms with Gasteiger partial charge in [0.05, 0.1) is 12.3 Å². The van der Waals surface area contributed by atoms with E-state index in [9.17, 15) is 14.0 Å². The molecule has 17 heavy (non-hydrogen) atoms. The third-order valence-electron chi connectivity index (χ3n) is 2.63. The quantitative estimate of drug-likeness (QED) is 0.730. The summed E-state index contributed by atoms with van der Waals surface area (Å²) in [6, 6.07) is 4.12. The van der Waals surface area contributed by atoms with Gasteiger partial charge in [0.1, 0.15) is 12.4 Å². The maximum absolute atomic E-state index is 13.8. The second-order valence-corrected chi connectivity index (χ2v) is 3.82. The van der Waals surface area contributed by atoms with Crippen LogP contribution in [0, 0.1) is 5.82 Å². The summed E-state index contributed by atoms with van der Waals surface area (Å²) in [5.41, 5.74) is 0.496. The number of ether oxygens (including phenoxy) is 1. The standard InChI is InChI=1S/C12H12FNO3/c1-8(15)9-2-3-11(10(13)6-9)14-4-5-17-7-12(14)16/h2-3,6H,4-5,7H2,1H3. The lowest BCUT2D eigenvalue weighted by molar-refractivity contribution is -0.125. The molecule has 0 radical (unpaired) electrons. The third-order valence-corrected chi connectivity index (χ3v) is 2.63. The first-order valence-corrected chi connectivity index (χ1v) is 5.28. The predicted molar refractivity (Wildman–Crippen MR) is 59.6 cm³/mol. The fourth-order valence-corrected chi connectivity index (χ4v) is 1.72. The van der Waals surface area contributed by atoms with Crippen molar-refractivity contribution in [3.8, 4) is 0 Å². The Morgan fingerprint density at radius 2 is 2.24 bits per heavy atom. The van der Waals surface area contributed by atoms with Crippen molar-refractivity contribution in [3.05, 3.63) is 29.6 Å². The highest BCUT2D eigenvalue weighted by Gasteiger charge is 2.23. The van der Waals surface area contributed by atoms with Gasteiger partial charge in [-0.15, -0.1) is 0 Å². The lowest BCUT2D eigenvalue weighted by Crippen LogP contribution is -2.42. The van der Waals surface area contributed by atoms with Crippen LogP contribution in [0.2, 0.25) is 0 Å². The van der Waals surface area contributed by atoms with E-state index in [2.05, 4.69) is 0 Å². The number of anilines is 1. The van der Waals surface area contributed by atoms with Crippen LogP contribution in [0.4, 0.5) is 10.1 Å². The number of morpholine rings is 1. The molecular formula is C12H12FNO3. The average Bonchev–Trinajstić information content (AvgIpc) is 2.30. The number of halogens is 1. The highest BCUT2D eigenvalue weighted by Crippen LogP contribution is 2.22. The topological polar surface area (TPSA) is 46.6 Å².